The van der Waals surface area contributed by atoms with Crippen LogP contribution in [-0.4, -0.2) is 0 Å². The Morgan fingerprint density at radius 2 is 0.653 bits per heavy atom. The van der Waals surface area contributed by atoms with E-state index in [4.69, 9.17) is 4.74 Å². The summed E-state index contributed by atoms with van der Waals surface area (Å²) in [5.74, 6) is 1.93. The lowest BCUT2D eigenvalue weighted by atomic mass is 9.67. The number of anilines is 6. The summed E-state index contributed by atoms with van der Waals surface area (Å²) in [6.45, 7) is 6.65. The zero-order valence-corrected chi connectivity index (χ0v) is 42.7. The van der Waals surface area contributed by atoms with Crippen molar-refractivity contribution in [3.63, 3.8) is 0 Å². The molecule has 2 aliphatic carbocycles. The van der Waals surface area contributed by atoms with E-state index in [1.54, 1.807) is 0 Å². The summed E-state index contributed by atoms with van der Waals surface area (Å²) in [5, 5.41) is 3.90. The molecule has 0 spiro atoms. The SMILES string of the molecule is Cc1ccc(N2c3cc(C)cc4c3P3c5c2cc2c(c5Oc5c6c(cc(c53)N4c3ccc(C)cc3)C(c3ccccc3)(c3ccccc3)c3ccccc3-6)-c3ccccc3C2(c2ccccc2)c2ccccc2)cc1. The van der Waals surface area contributed by atoms with Gasteiger partial charge in [-0.15, -0.1) is 0 Å². The summed E-state index contributed by atoms with van der Waals surface area (Å²) in [5.41, 5.74) is 24.1. The third-order valence-corrected chi connectivity index (χ3v) is 19.6. The molecule has 5 aliphatic rings. The fourth-order valence-corrected chi connectivity index (χ4v) is 17.0. The fourth-order valence-electron chi connectivity index (χ4n) is 14.0. The Kier molecular flexibility index (Phi) is 8.91. The van der Waals surface area contributed by atoms with Crippen molar-refractivity contribution in [2.45, 2.75) is 31.6 Å². The molecule has 0 fully saturated rings. The van der Waals surface area contributed by atoms with Gasteiger partial charge in [0.1, 0.15) is 11.5 Å². The first-order chi connectivity index (χ1) is 37.0. The fraction of sp³-hybridized carbons (Fsp3) is 0.0704. The van der Waals surface area contributed by atoms with Crippen molar-refractivity contribution in [2.24, 2.45) is 0 Å². The summed E-state index contributed by atoms with van der Waals surface area (Å²) in [4.78, 5) is 5.16. The van der Waals surface area contributed by atoms with Crippen molar-refractivity contribution in [2.75, 3.05) is 9.80 Å². The van der Waals surface area contributed by atoms with E-state index < -0.39 is 18.8 Å². The summed E-state index contributed by atoms with van der Waals surface area (Å²) in [7, 11) is -1.24. The van der Waals surface area contributed by atoms with Gasteiger partial charge in [-0.05, 0) is 131 Å². The van der Waals surface area contributed by atoms with Gasteiger partial charge in [-0.2, -0.15) is 0 Å². The summed E-state index contributed by atoms with van der Waals surface area (Å²) in [6, 6.07) is 91.6. The Hall–Kier alpha value is -8.75. The molecule has 3 heterocycles. The van der Waals surface area contributed by atoms with Crippen LogP contribution in [0.1, 0.15) is 61.2 Å². The second kappa shape index (κ2) is 15.6. The number of hydrogen-bond acceptors (Lipinski definition) is 3. The number of benzene rings is 11. The topological polar surface area (TPSA) is 15.7 Å². The third kappa shape index (κ3) is 5.53. The maximum atomic E-state index is 8.37. The highest BCUT2D eigenvalue weighted by Crippen LogP contribution is 2.70. The van der Waals surface area contributed by atoms with Crippen LogP contribution in [0.4, 0.5) is 34.1 Å². The second-order valence-electron chi connectivity index (χ2n) is 21.0. The van der Waals surface area contributed by atoms with Crippen molar-refractivity contribution in [1.82, 2.24) is 0 Å². The molecule has 354 valence electrons. The molecule has 16 rings (SSSR count). The quantitative estimate of drug-likeness (QED) is 0.154. The average Bonchev–Trinajstić information content (AvgIpc) is 4.20. The van der Waals surface area contributed by atoms with Crippen LogP contribution in [0.3, 0.4) is 0 Å². The lowest BCUT2D eigenvalue weighted by Gasteiger charge is -2.49. The number of aryl methyl sites for hydroxylation is 3. The number of rotatable bonds is 6. The first kappa shape index (κ1) is 42.7. The normalized spacial score (nSPS) is 15.1. The first-order valence-electron chi connectivity index (χ1n) is 26.2. The van der Waals surface area contributed by atoms with Crippen molar-refractivity contribution >= 4 is 58.0 Å². The minimum absolute atomic E-state index is 0.658. The molecule has 0 unspecified atom stereocenters. The molecular formula is C71H49N2OP. The first-order valence-corrected chi connectivity index (χ1v) is 27.5. The maximum Gasteiger partial charge on any atom is 0.146 e. The lowest BCUT2D eigenvalue weighted by Crippen LogP contribution is -2.44. The summed E-state index contributed by atoms with van der Waals surface area (Å²) in [6.07, 6.45) is 0. The molecule has 3 aliphatic heterocycles. The van der Waals surface area contributed by atoms with Crippen LogP contribution < -0.4 is 30.5 Å². The van der Waals surface area contributed by atoms with Crippen LogP contribution in [0, 0.1) is 20.8 Å². The molecule has 0 amide bonds. The molecule has 75 heavy (non-hydrogen) atoms. The van der Waals surface area contributed by atoms with Crippen molar-refractivity contribution < 1.29 is 4.74 Å². The standard InChI is InChI=1S/C71H49N2OP/c1-44-32-36-51(37-33-44)72-59-40-46(3)41-60-67(59)75-68-61(72)42-57-63(53-28-16-18-30-55(53)70(57,47-20-8-4-9-21-47)48-22-10-5-11-23-48)65(68)74-66-64-54-29-17-19-31-56(54)71(49-24-12-6-13-25-49,50-26-14-7-15-27-50)58(64)43-62(69(66)75)73(60)52-38-34-45(2)35-39-52/h4-43H,1-3H3. The zero-order chi connectivity index (χ0) is 49.7. The lowest BCUT2D eigenvalue weighted by molar-refractivity contribution is 0.491. The zero-order valence-electron chi connectivity index (χ0n) is 41.8. The van der Waals surface area contributed by atoms with Gasteiger partial charge in [0.25, 0.3) is 0 Å². The number of fused-ring (bicyclic) bond motifs is 8. The van der Waals surface area contributed by atoms with Crippen LogP contribution in [0.25, 0.3) is 22.3 Å². The van der Waals surface area contributed by atoms with Crippen molar-refractivity contribution in [3.05, 3.63) is 304 Å². The monoisotopic (exact) mass is 976 g/mol. The highest BCUT2D eigenvalue weighted by atomic mass is 31.1. The van der Waals surface area contributed by atoms with Gasteiger partial charge in [-0.1, -0.05) is 205 Å². The molecule has 0 atom stereocenters. The van der Waals surface area contributed by atoms with E-state index >= 15 is 0 Å². The third-order valence-electron chi connectivity index (χ3n) is 16.9. The molecule has 3 nitrogen and oxygen atoms in total. The Bertz CT molecular complexity index is 3830. The van der Waals surface area contributed by atoms with Crippen molar-refractivity contribution in [3.8, 4) is 33.8 Å². The van der Waals surface area contributed by atoms with E-state index in [2.05, 4.69) is 273 Å². The Morgan fingerprint density at radius 1 is 0.320 bits per heavy atom. The van der Waals surface area contributed by atoms with E-state index in [-0.39, 0.29) is 0 Å². The molecule has 0 aromatic heterocycles. The molecule has 0 bridgehead atoms. The van der Waals surface area contributed by atoms with Gasteiger partial charge < -0.3 is 14.5 Å². The number of nitrogens with zero attached hydrogens (tertiary/aromatic N) is 2. The Labute approximate surface area is 439 Å². The van der Waals surface area contributed by atoms with Gasteiger partial charge in [-0.3, -0.25) is 0 Å². The molecule has 11 aromatic rings. The molecule has 4 heteroatoms. The maximum absolute atomic E-state index is 8.37. The van der Waals surface area contributed by atoms with Crippen LogP contribution in [0.15, 0.2) is 243 Å². The minimum Gasteiger partial charge on any atom is -0.454 e. The van der Waals surface area contributed by atoms with Gasteiger partial charge in [0, 0.05) is 35.7 Å². The Balaban J connectivity index is 1.12. The van der Waals surface area contributed by atoms with Gasteiger partial charge in [0.2, 0.25) is 0 Å². The van der Waals surface area contributed by atoms with E-state index in [0.29, 0.717) is 0 Å². The van der Waals surface area contributed by atoms with E-state index in [9.17, 15) is 0 Å². The highest BCUT2D eigenvalue weighted by molar-refractivity contribution is 7.82. The van der Waals surface area contributed by atoms with Crippen LogP contribution in [-0.2, 0) is 10.8 Å². The molecule has 0 N–H and O–H groups in total. The van der Waals surface area contributed by atoms with Gasteiger partial charge >= 0.3 is 0 Å². The summed E-state index contributed by atoms with van der Waals surface area (Å²) < 4.78 is 8.37. The molecule has 0 radical (unpaired) electrons. The molecular weight excluding hydrogens is 928 g/mol. The van der Waals surface area contributed by atoms with Gasteiger partial charge in [0.15, 0.2) is 0 Å². The molecule has 0 saturated heterocycles. The predicted octanol–water partition coefficient (Wildman–Crippen LogP) is 16.8. The number of hydrogen-bond donors (Lipinski definition) is 0. The predicted molar refractivity (Wildman–Crippen MR) is 311 cm³/mol. The van der Waals surface area contributed by atoms with E-state index in [1.807, 2.05) is 0 Å². The largest absolute Gasteiger partial charge is 0.454 e. The average molecular weight is 977 g/mol. The van der Waals surface area contributed by atoms with Crippen LogP contribution >= 0.6 is 7.92 Å². The highest BCUT2D eigenvalue weighted by Gasteiger charge is 2.56. The minimum atomic E-state index is -1.24. The number of ether oxygens (including phenoxy) is 1. The van der Waals surface area contributed by atoms with Crippen LogP contribution in [0.2, 0.25) is 0 Å². The van der Waals surface area contributed by atoms with Crippen molar-refractivity contribution in [1.29, 1.82) is 0 Å². The van der Waals surface area contributed by atoms with Crippen LogP contribution in [0.5, 0.6) is 11.5 Å². The van der Waals surface area contributed by atoms with E-state index in [0.717, 1.165) is 22.9 Å². The second-order valence-corrected chi connectivity index (χ2v) is 23.0. The van der Waals surface area contributed by atoms with Gasteiger partial charge in [-0.25, -0.2) is 0 Å². The van der Waals surface area contributed by atoms with E-state index in [1.165, 1.54) is 122 Å². The molecule has 0 saturated carbocycles. The Morgan fingerprint density at radius 3 is 1.03 bits per heavy atom. The molecule has 11 aromatic carbocycles. The van der Waals surface area contributed by atoms with Gasteiger partial charge in [0.05, 0.1) is 44.2 Å². The smallest absolute Gasteiger partial charge is 0.146 e. The summed E-state index contributed by atoms with van der Waals surface area (Å²) >= 11 is 0.